The SMILES string of the molecule is NCc1cc(F)cc(Cn2cnc3c(N)ncnc32)c1. The van der Waals surface area contributed by atoms with Gasteiger partial charge in [-0.05, 0) is 23.3 Å². The van der Waals surface area contributed by atoms with Gasteiger partial charge in [0.2, 0.25) is 0 Å². The second-order valence-electron chi connectivity index (χ2n) is 4.48. The predicted molar refractivity (Wildman–Crippen MR) is 73.1 cm³/mol. The molecule has 0 aliphatic rings. The summed E-state index contributed by atoms with van der Waals surface area (Å²) in [6.07, 6.45) is 3.00. The number of halogens is 1. The monoisotopic (exact) mass is 272 g/mol. The number of fused-ring (bicyclic) bond motifs is 1. The molecular weight excluding hydrogens is 259 g/mol. The Balaban J connectivity index is 2.01. The van der Waals surface area contributed by atoms with Crippen molar-refractivity contribution in [1.82, 2.24) is 19.5 Å². The van der Waals surface area contributed by atoms with E-state index in [1.54, 1.807) is 10.9 Å². The molecule has 7 heteroatoms. The summed E-state index contributed by atoms with van der Waals surface area (Å²) in [7, 11) is 0. The maximum atomic E-state index is 13.5. The number of anilines is 1. The second kappa shape index (κ2) is 4.86. The fraction of sp³-hybridized carbons (Fsp3) is 0.154. The molecule has 0 radical (unpaired) electrons. The van der Waals surface area contributed by atoms with Crippen LogP contribution in [-0.2, 0) is 13.1 Å². The van der Waals surface area contributed by atoms with Gasteiger partial charge in [0, 0.05) is 6.54 Å². The quantitative estimate of drug-likeness (QED) is 0.743. The topological polar surface area (TPSA) is 95.6 Å². The molecule has 0 bridgehead atoms. The zero-order chi connectivity index (χ0) is 14.1. The van der Waals surface area contributed by atoms with Crippen LogP contribution in [0.3, 0.4) is 0 Å². The smallest absolute Gasteiger partial charge is 0.165 e. The summed E-state index contributed by atoms with van der Waals surface area (Å²) >= 11 is 0. The normalized spacial score (nSPS) is 11.1. The van der Waals surface area contributed by atoms with Gasteiger partial charge in [0.05, 0.1) is 12.9 Å². The molecule has 0 unspecified atom stereocenters. The van der Waals surface area contributed by atoms with E-state index in [0.717, 1.165) is 11.1 Å². The highest BCUT2D eigenvalue weighted by molar-refractivity contribution is 5.81. The molecule has 102 valence electrons. The van der Waals surface area contributed by atoms with E-state index in [0.29, 0.717) is 30.1 Å². The lowest BCUT2D eigenvalue weighted by molar-refractivity contribution is 0.621. The highest BCUT2D eigenvalue weighted by Gasteiger charge is 2.09. The minimum Gasteiger partial charge on any atom is -0.382 e. The number of nitrogens with zero attached hydrogens (tertiary/aromatic N) is 4. The van der Waals surface area contributed by atoms with Crippen molar-refractivity contribution in [3.8, 4) is 0 Å². The van der Waals surface area contributed by atoms with E-state index >= 15 is 0 Å². The summed E-state index contributed by atoms with van der Waals surface area (Å²) in [6.45, 7) is 0.738. The Bertz CT molecular complexity index is 767. The first-order valence-corrected chi connectivity index (χ1v) is 6.07. The zero-order valence-electron chi connectivity index (χ0n) is 10.6. The molecule has 20 heavy (non-hydrogen) atoms. The van der Waals surface area contributed by atoms with Crippen LogP contribution < -0.4 is 11.5 Å². The molecule has 0 atom stereocenters. The predicted octanol–water partition coefficient (Wildman–Crippen LogP) is 1.05. The fourth-order valence-corrected chi connectivity index (χ4v) is 2.14. The van der Waals surface area contributed by atoms with Crippen molar-refractivity contribution in [2.45, 2.75) is 13.1 Å². The first-order valence-electron chi connectivity index (χ1n) is 6.07. The van der Waals surface area contributed by atoms with Gasteiger partial charge in [-0.2, -0.15) is 0 Å². The number of nitrogen functional groups attached to an aromatic ring is 1. The van der Waals surface area contributed by atoms with E-state index in [1.807, 2.05) is 6.07 Å². The molecule has 0 aliphatic heterocycles. The lowest BCUT2D eigenvalue weighted by Crippen LogP contribution is -2.03. The third-order valence-electron chi connectivity index (χ3n) is 3.04. The van der Waals surface area contributed by atoms with Gasteiger partial charge in [-0.1, -0.05) is 6.07 Å². The first kappa shape index (κ1) is 12.5. The van der Waals surface area contributed by atoms with Crippen molar-refractivity contribution >= 4 is 17.0 Å². The number of hydrogen-bond acceptors (Lipinski definition) is 5. The molecule has 0 amide bonds. The van der Waals surface area contributed by atoms with Gasteiger partial charge in [-0.3, -0.25) is 0 Å². The summed E-state index contributed by atoms with van der Waals surface area (Å²) in [6, 6.07) is 4.75. The standard InChI is InChI=1S/C13H13FN6/c14-10-2-8(4-15)1-9(3-10)5-20-7-19-11-12(16)17-6-18-13(11)20/h1-3,6-7H,4-5,15H2,(H2,16,17,18). The molecule has 0 spiro atoms. The minimum atomic E-state index is -0.304. The number of hydrogen-bond donors (Lipinski definition) is 2. The second-order valence-corrected chi connectivity index (χ2v) is 4.48. The van der Waals surface area contributed by atoms with Gasteiger partial charge in [-0.25, -0.2) is 19.3 Å². The Hall–Kier alpha value is -2.54. The fourth-order valence-electron chi connectivity index (χ4n) is 2.14. The van der Waals surface area contributed by atoms with Gasteiger partial charge in [0.25, 0.3) is 0 Å². The Morgan fingerprint density at radius 2 is 1.90 bits per heavy atom. The summed E-state index contributed by atoms with van der Waals surface area (Å²) in [5, 5.41) is 0. The molecule has 0 fully saturated rings. The van der Waals surface area contributed by atoms with E-state index in [4.69, 9.17) is 11.5 Å². The Kier molecular flexibility index (Phi) is 3.03. The van der Waals surface area contributed by atoms with Crippen molar-refractivity contribution in [1.29, 1.82) is 0 Å². The minimum absolute atomic E-state index is 0.296. The van der Waals surface area contributed by atoms with Gasteiger partial charge >= 0.3 is 0 Å². The lowest BCUT2D eigenvalue weighted by Gasteiger charge is -2.06. The van der Waals surface area contributed by atoms with Crippen LogP contribution in [0, 0.1) is 5.82 Å². The molecule has 0 saturated carbocycles. The van der Waals surface area contributed by atoms with Crippen LogP contribution in [0.25, 0.3) is 11.2 Å². The first-order chi connectivity index (χ1) is 9.67. The Morgan fingerprint density at radius 3 is 2.70 bits per heavy atom. The maximum Gasteiger partial charge on any atom is 0.165 e. The van der Waals surface area contributed by atoms with Gasteiger partial charge in [0.15, 0.2) is 11.5 Å². The van der Waals surface area contributed by atoms with Crippen LogP contribution in [0.1, 0.15) is 11.1 Å². The number of aromatic nitrogens is 4. The molecule has 1 aromatic carbocycles. The van der Waals surface area contributed by atoms with E-state index in [1.165, 1.54) is 18.5 Å². The van der Waals surface area contributed by atoms with E-state index in [-0.39, 0.29) is 5.82 Å². The van der Waals surface area contributed by atoms with Crippen molar-refractivity contribution < 1.29 is 4.39 Å². The van der Waals surface area contributed by atoms with Crippen LogP contribution >= 0.6 is 0 Å². The van der Waals surface area contributed by atoms with Crippen LogP contribution in [-0.4, -0.2) is 19.5 Å². The van der Waals surface area contributed by atoms with Crippen molar-refractivity contribution in [3.63, 3.8) is 0 Å². The van der Waals surface area contributed by atoms with E-state index < -0.39 is 0 Å². The van der Waals surface area contributed by atoms with Gasteiger partial charge in [-0.15, -0.1) is 0 Å². The summed E-state index contributed by atoms with van der Waals surface area (Å²) < 4.78 is 15.3. The molecule has 6 nitrogen and oxygen atoms in total. The molecule has 0 saturated heterocycles. The molecule has 3 aromatic rings. The van der Waals surface area contributed by atoms with Crippen molar-refractivity contribution in [3.05, 3.63) is 47.8 Å². The molecule has 2 aromatic heterocycles. The van der Waals surface area contributed by atoms with Gasteiger partial charge in [0.1, 0.15) is 17.7 Å². The average molecular weight is 272 g/mol. The van der Waals surface area contributed by atoms with Crippen molar-refractivity contribution in [2.75, 3.05) is 5.73 Å². The lowest BCUT2D eigenvalue weighted by atomic mass is 10.1. The summed E-state index contributed by atoms with van der Waals surface area (Å²) in [4.78, 5) is 12.2. The largest absolute Gasteiger partial charge is 0.382 e. The number of benzene rings is 1. The molecule has 4 N–H and O–H groups in total. The molecule has 2 heterocycles. The Morgan fingerprint density at radius 1 is 1.10 bits per heavy atom. The summed E-state index contributed by atoms with van der Waals surface area (Å²) in [5.74, 6) is 0.0251. The number of nitrogens with two attached hydrogens (primary N) is 2. The Labute approximate surface area is 114 Å². The van der Waals surface area contributed by atoms with Crippen LogP contribution in [0.5, 0.6) is 0 Å². The number of imidazole rings is 1. The van der Waals surface area contributed by atoms with Crippen LogP contribution in [0.4, 0.5) is 10.2 Å². The summed E-state index contributed by atoms with van der Waals surface area (Å²) in [5.41, 5.74) is 14.0. The number of rotatable bonds is 3. The zero-order valence-corrected chi connectivity index (χ0v) is 10.6. The third kappa shape index (κ3) is 2.19. The van der Waals surface area contributed by atoms with Crippen LogP contribution in [0.2, 0.25) is 0 Å². The highest BCUT2D eigenvalue weighted by Crippen LogP contribution is 2.17. The van der Waals surface area contributed by atoms with E-state index in [9.17, 15) is 4.39 Å². The third-order valence-corrected chi connectivity index (χ3v) is 3.04. The van der Waals surface area contributed by atoms with E-state index in [2.05, 4.69) is 15.0 Å². The average Bonchev–Trinajstić information content (AvgIpc) is 2.83. The molecular formula is C13H13FN6. The van der Waals surface area contributed by atoms with Crippen LogP contribution in [0.15, 0.2) is 30.9 Å². The maximum absolute atomic E-state index is 13.5. The molecule has 3 rings (SSSR count). The molecule has 0 aliphatic carbocycles. The van der Waals surface area contributed by atoms with Crippen molar-refractivity contribution in [2.24, 2.45) is 5.73 Å². The van der Waals surface area contributed by atoms with Gasteiger partial charge < -0.3 is 16.0 Å². The highest BCUT2D eigenvalue weighted by atomic mass is 19.1.